The minimum Gasteiger partial charge on any atom is -0.493 e. The molecule has 0 fully saturated rings. The van der Waals surface area contributed by atoms with Crippen LogP contribution in [0.25, 0.3) is 17.0 Å². The van der Waals surface area contributed by atoms with Gasteiger partial charge in [0.25, 0.3) is 5.91 Å². The Morgan fingerprint density at radius 2 is 2.03 bits per heavy atom. The van der Waals surface area contributed by atoms with Gasteiger partial charge in [0.2, 0.25) is 5.78 Å². The van der Waals surface area contributed by atoms with Crippen LogP contribution >= 0.6 is 0 Å². The number of amides is 1. The highest BCUT2D eigenvalue weighted by atomic mass is 19.1. The number of halogens is 1. The van der Waals surface area contributed by atoms with Gasteiger partial charge in [0.15, 0.2) is 18.1 Å². The van der Waals surface area contributed by atoms with E-state index in [4.69, 9.17) is 9.47 Å². The van der Waals surface area contributed by atoms with Gasteiger partial charge in [0.05, 0.1) is 7.11 Å². The summed E-state index contributed by atoms with van der Waals surface area (Å²) >= 11 is 0. The van der Waals surface area contributed by atoms with Gasteiger partial charge in [-0.1, -0.05) is 6.07 Å². The number of allylic oxidation sites excluding steroid dienone is 1. The van der Waals surface area contributed by atoms with Crippen molar-refractivity contribution in [2.75, 3.05) is 20.3 Å². The molecule has 158 valence electrons. The van der Waals surface area contributed by atoms with E-state index >= 15 is 0 Å². The number of Topliss-reactive ketones (excluding diaryl/α,β-unsaturated/α-hetero) is 1. The zero-order valence-electron chi connectivity index (χ0n) is 17.0. The normalized spacial score (nSPS) is 11.1. The number of benzene rings is 2. The molecule has 3 aromatic rings. The number of nitriles is 1. The van der Waals surface area contributed by atoms with Gasteiger partial charge in [-0.25, -0.2) is 4.39 Å². The van der Waals surface area contributed by atoms with Gasteiger partial charge < -0.3 is 19.8 Å². The number of ether oxygens (including phenoxy) is 2. The fourth-order valence-electron chi connectivity index (χ4n) is 3.03. The van der Waals surface area contributed by atoms with E-state index < -0.39 is 11.6 Å². The number of hydrogen-bond acceptors (Lipinski definition) is 5. The monoisotopic (exact) mass is 421 g/mol. The van der Waals surface area contributed by atoms with Gasteiger partial charge in [-0.2, -0.15) is 5.26 Å². The maximum absolute atomic E-state index is 13.4. The van der Waals surface area contributed by atoms with Gasteiger partial charge in [-0.15, -0.1) is 0 Å². The lowest BCUT2D eigenvalue weighted by Gasteiger charge is -2.11. The van der Waals surface area contributed by atoms with Gasteiger partial charge in [0, 0.05) is 29.2 Å². The molecule has 0 aliphatic carbocycles. The molecule has 0 radical (unpaired) electrons. The van der Waals surface area contributed by atoms with Gasteiger partial charge >= 0.3 is 0 Å². The van der Waals surface area contributed by atoms with E-state index in [1.807, 2.05) is 13.0 Å². The van der Waals surface area contributed by atoms with Crippen LogP contribution in [-0.4, -0.2) is 36.9 Å². The van der Waals surface area contributed by atoms with Crippen molar-refractivity contribution >= 4 is 28.7 Å². The second kappa shape index (κ2) is 9.59. The maximum Gasteiger partial charge on any atom is 0.257 e. The summed E-state index contributed by atoms with van der Waals surface area (Å²) in [5.41, 5.74) is 1.19. The SMILES string of the molecule is CCNC(=O)COc1ccc(C=C(C#N)C(=O)c2c[nH]c3cc(F)ccc23)cc1OC. The average Bonchev–Trinajstić information content (AvgIpc) is 3.19. The Kier molecular flexibility index (Phi) is 6.67. The molecule has 0 aliphatic heterocycles. The Morgan fingerprint density at radius 3 is 2.74 bits per heavy atom. The molecule has 0 saturated heterocycles. The highest BCUT2D eigenvalue weighted by Crippen LogP contribution is 2.29. The standard InChI is InChI=1S/C23H20FN3O4/c1-3-26-22(28)13-31-20-7-4-14(9-21(20)30-2)8-15(11-25)23(29)18-12-27-19-10-16(24)5-6-17(18)19/h4-10,12,27H,3,13H2,1-2H3,(H,26,28). The Bertz CT molecular complexity index is 1210. The summed E-state index contributed by atoms with van der Waals surface area (Å²) in [5.74, 6) is -0.467. The minimum absolute atomic E-state index is 0.0942. The number of nitrogens with one attached hydrogen (secondary N) is 2. The lowest BCUT2D eigenvalue weighted by atomic mass is 10.0. The Hall–Kier alpha value is -4.12. The lowest BCUT2D eigenvalue weighted by molar-refractivity contribution is -0.123. The highest BCUT2D eigenvalue weighted by molar-refractivity contribution is 6.19. The van der Waals surface area contributed by atoms with Gasteiger partial charge in [-0.05, 0) is 48.9 Å². The minimum atomic E-state index is -0.490. The smallest absolute Gasteiger partial charge is 0.257 e. The van der Waals surface area contributed by atoms with Crippen molar-refractivity contribution in [2.24, 2.45) is 0 Å². The second-order valence-electron chi connectivity index (χ2n) is 6.54. The molecule has 1 amide bonds. The van der Waals surface area contributed by atoms with Crippen LogP contribution in [0.5, 0.6) is 11.5 Å². The molecule has 3 rings (SSSR count). The van der Waals surface area contributed by atoms with Crippen molar-refractivity contribution in [3.63, 3.8) is 0 Å². The number of aromatic nitrogens is 1. The number of rotatable bonds is 8. The second-order valence-corrected chi connectivity index (χ2v) is 6.54. The predicted molar refractivity (Wildman–Crippen MR) is 113 cm³/mol. The summed E-state index contributed by atoms with van der Waals surface area (Å²) in [6.07, 6.45) is 2.89. The van der Waals surface area contributed by atoms with Crippen LogP contribution in [-0.2, 0) is 4.79 Å². The van der Waals surface area contributed by atoms with Crippen molar-refractivity contribution in [3.05, 3.63) is 65.1 Å². The molecule has 1 aromatic heterocycles. The van der Waals surface area contributed by atoms with E-state index in [0.717, 1.165) is 0 Å². The Labute approximate surface area is 178 Å². The zero-order valence-corrected chi connectivity index (χ0v) is 17.0. The van der Waals surface area contributed by atoms with Crippen LogP contribution in [0.4, 0.5) is 4.39 Å². The molecule has 8 heteroatoms. The first-order valence-electron chi connectivity index (χ1n) is 9.47. The summed E-state index contributed by atoms with van der Waals surface area (Å²) in [5, 5.41) is 12.7. The van der Waals surface area contributed by atoms with Crippen LogP contribution in [0.2, 0.25) is 0 Å². The molecule has 0 atom stereocenters. The van der Waals surface area contributed by atoms with E-state index in [-0.39, 0.29) is 23.7 Å². The van der Waals surface area contributed by atoms with E-state index in [9.17, 15) is 19.2 Å². The summed E-state index contributed by atoms with van der Waals surface area (Å²) in [7, 11) is 1.45. The fraction of sp³-hybridized carbons (Fsp3) is 0.174. The predicted octanol–water partition coefficient (Wildman–Crippen LogP) is 3.62. The number of carbonyl (C=O) groups excluding carboxylic acids is 2. The first kappa shape index (κ1) is 21.6. The molecule has 7 nitrogen and oxygen atoms in total. The molecule has 0 bridgehead atoms. The van der Waals surface area contributed by atoms with Crippen molar-refractivity contribution in [1.29, 1.82) is 5.26 Å². The highest BCUT2D eigenvalue weighted by Gasteiger charge is 2.17. The van der Waals surface area contributed by atoms with Crippen LogP contribution in [0.1, 0.15) is 22.8 Å². The molecule has 31 heavy (non-hydrogen) atoms. The number of likely N-dealkylation sites (N-methyl/N-ethyl adjacent to an activating group) is 1. The van der Waals surface area contributed by atoms with Gasteiger partial charge in [-0.3, -0.25) is 9.59 Å². The molecule has 2 aromatic carbocycles. The van der Waals surface area contributed by atoms with E-state index in [0.29, 0.717) is 34.5 Å². The topological polar surface area (TPSA) is 104 Å². The molecule has 1 heterocycles. The molecule has 0 aliphatic rings. The summed E-state index contributed by atoms with van der Waals surface area (Å²) in [6.45, 7) is 2.14. The lowest BCUT2D eigenvalue weighted by Crippen LogP contribution is -2.28. The first-order chi connectivity index (χ1) is 15.0. The molecule has 0 unspecified atom stereocenters. The molecular formula is C23H20FN3O4. The Balaban J connectivity index is 1.86. The number of fused-ring (bicyclic) bond motifs is 1. The number of aromatic amines is 1. The van der Waals surface area contributed by atoms with Crippen LogP contribution in [0.15, 0.2) is 48.2 Å². The van der Waals surface area contributed by atoms with Crippen molar-refractivity contribution < 1.29 is 23.5 Å². The number of methoxy groups -OCH3 is 1. The third kappa shape index (κ3) is 4.90. The number of nitrogens with zero attached hydrogens (tertiary/aromatic N) is 1. The largest absolute Gasteiger partial charge is 0.493 e. The average molecular weight is 421 g/mol. The van der Waals surface area contributed by atoms with Crippen LogP contribution in [0, 0.1) is 17.1 Å². The summed E-state index contributed by atoms with van der Waals surface area (Å²) in [6, 6.07) is 10.8. The number of H-pyrrole nitrogens is 1. The maximum atomic E-state index is 13.4. The van der Waals surface area contributed by atoms with Crippen molar-refractivity contribution in [2.45, 2.75) is 6.92 Å². The molecule has 0 spiro atoms. The number of carbonyl (C=O) groups is 2. The molecular weight excluding hydrogens is 401 g/mol. The number of hydrogen-bond donors (Lipinski definition) is 2. The first-order valence-corrected chi connectivity index (χ1v) is 9.47. The van der Waals surface area contributed by atoms with E-state index in [2.05, 4.69) is 10.3 Å². The summed E-state index contributed by atoms with van der Waals surface area (Å²) < 4.78 is 24.2. The third-order valence-corrected chi connectivity index (χ3v) is 4.48. The van der Waals surface area contributed by atoms with Crippen LogP contribution < -0.4 is 14.8 Å². The molecule has 2 N–H and O–H groups in total. The summed E-state index contributed by atoms with van der Waals surface area (Å²) in [4.78, 5) is 27.3. The number of ketones is 1. The third-order valence-electron chi connectivity index (χ3n) is 4.48. The van der Waals surface area contributed by atoms with Crippen molar-refractivity contribution in [3.8, 4) is 17.6 Å². The van der Waals surface area contributed by atoms with Gasteiger partial charge in [0.1, 0.15) is 17.5 Å². The van der Waals surface area contributed by atoms with E-state index in [1.54, 1.807) is 18.2 Å². The zero-order chi connectivity index (χ0) is 22.4. The molecule has 0 saturated carbocycles. The quantitative estimate of drug-likeness (QED) is 0.328. The Morgan fingerprint density at radius 1 is 1.23 bits per heavy atom. The van der Waals surface area contributed by atoms with Crippen LogP contribution in [0.3, 0.4) is 0 Å². The van der Waals surface area contributed by atoms with Crippen molar-refractivity contribution in [1.82, 2.24) is 10.3 Å². The fourth-order valence-corrected chi connectivity index (χ4v) is 3.03. The van der Waals surface area contributed by atoms with E-state index in [1.165, 1.54) is 37.6 Å².